The van der Waals surface area contributed by atoms with Crippen molar-refractivity contribution in [1.82, 2.24) is 9.97 Å². The third kappa shape index (κ3) is 3.69. The van der Waals surface area contributed by atoms with Gasteiger partial charge in [-0.3, -0.25) is 9.78 Å². The van der Waals surface area contributed by atoms with Gasteiger partial charge in [-0.25, -0.2) is 8.42 Å². The Morgan fingerprint density at radius 2 is 1.67 bits per heavy atom. The molecular weight excluding hydrogens is 422 g/mol. The topological polar surface area (TPSA) is 91.9 Å². The molecule has 0 saturated carbocycles. The Kier molecular flexibility index (Phi) is 5.09. The quantitative estimate of drug-likeness (QED) is 0.472. The van der Waals surface area contributed by atoms with Gasteiger partial charge < -0.3 is 10.3 Å². The maximum Gasteiger partial charge on any atom is 0.273 e. The number of fused-ring (bicyclic) bond motifs is 1. The Bertz CT molecular complexity index is 1360. The molecule has 0 atom stereocenters. The number of nitrogens with zero attached hydrogens (tertiary/aromatic N) is 1. The molecule has 0 fully saturated rings. The number of hydrogen-bond donors (Lipinski definition) is 2. The fraction of sp³-hybridized carbons (Fsp3) is 0.0909. The predicted octanol–water partition coefficient (Wildman–Crippen LogP) is 4.92. The van der Waals surface area contributed by atoms with E-state index in [2.05, 4.69) is 15.3 Å². The molecule has 0 saturated heterocycles. The van der Waals surface area contributed by atoms with Crippen molar-refractivity contribution in [2.75, 3.05) is 5.32 Å². The lowest BCUT2D eigenvalue weighted by Crippen LogP contribution is -2.16. The van der Waals surface area contributed by atoms with Gasteiger partial charge >= 0.3 is 0 Å². The van der Waals surface area contributed by atoms with E-state index in [1.165, 1.54) is 12.4 Å². The van der Waals surface area contributed by atoms with Crippen LogP contribution in [0.3, 0.4) is 0 Å². The van der Waals surface area contributed by atoms with Crippen molar-refractivity contribution in [2.45, 2.75) is 23.6 Å². The maximum atomic E-state index is 13.6. The molecule has 2 N–H and O–H groups in total. The molecule has 0 unspecified atom stereocenters. The minimum absolute atomic E-state index is 0.0526. The van der Waals surface area contributed by atoms with E-state index >= 15 is 0 Å². The number of carbonyl (C=O) groups excluding carboxylic acids is 1. The zero-order valence-corrected chi connectivity index (χ0v) is 17.8. The summed E-state index contributed by atoms with van der Waals surface area (Å²) < 4.78 is 27.3. The lowest BCUT2D eigenvalue weighted by atomic mass is 10.2. The number of H-pyrrole nitrogens is 1. The molecule has 8 heteroatoms. The molecule has 6 nitrogen and oxygen atoms in total. The summed E-state index contributed by atoms with van der Waals surface area (Å²) in [7, 11) is -4.02. The van der Waals surface area contributed by atoms with Gasteiger partial charge in [0.15, 0.2) is 0 Å². The van der Waals surface area contributed by atoms with E-state index in [1.54, 1.807) is 42.5 Å². The molecule has 0 aliphatic rings. The Morgan fingerprint density at radius 3 is 2.33 bits per heavy atom. The molecule has 4 rings (SSSR count). The summed E-state index contributed by atoms with van der Waals surface area (Å²) in [6.45, 7) is 3.66. The number of rotatable bonds is 4. The highest BCUT2D eigenvalue weighted by atomic mass is 35.5. The molecule has 2 heterocycles. The fourth-order valence-corrected chi connectivity index (χ4v) is 5.37. The minimum Gasteiger partial charge on any atom is -0.349 e. The van der Waals surface area contributed by atoms with Gasteiger partial charge in [0.05, 0.1) is 4.90 Å². The molecule has 30 heavy (non-hydrogen) atoms. The number of benzene rings is 2. The van der Waals surface area contributed by atoms with Crippen LogP contribution >= 0.6 is 11.6 Å². The number of sulfone groups is 1. The van der Waals surface area contributed by atoms with Crippen LogP contribution in [0.1, 0.15) is 21.6 Å². The molecule has 0 spiro atoms. The first-order valence-corrected chi connectivity index (χ1v) is 11.0. The Morgan fingerprint density at radius 1 is 1.00 bits per heavy atom. The first kappa shape index (κ1) is 20.1. The van der Waals surface area contributed by atoms with Gasteiger partial charge in [-0.1, -0.05) is 17.7 Å². The third-order valence-electron chi connectivity index (χ3n) is 4.65. The van der Waals surface area contributed by atoms with E-state index in [-0.39, 0.29) is 15.5 Å². The third-order valence-corrected chi connectivity index (χ3v) is 6.71. The van der Waals surface area contributed by atoms with Crippen LogP contribution in [-0.2, 0) is 9.84 Å². The highest BCUT2D eigenvalue weighted by Crippen LogP contribution is 2.34. The van der Waals surface area contributed by atoms with Crippen molar-refractivity contribution in [1.29, 1.82) is 0 Å². The fourth-order valence-electron chi connectivity index (χ4n) is 3.41. The normalized spacial score (nSPS) is 11.6. The standard InChI is InChI=1S/C22H18ClN3O3S/c1-13-9-14(2)11-17(10-13)30(28,29)21-18-12-15(23)3-4-19(18)26-20(21)22(27)25-16-5-7-24-8-6-16/h3-12,26H,1-2H3,(H,24,25,27). The van der Waals surface area contributed by atoms with Gasteiger partial charge in [-0.05, 0) is 67.4 Å². The number of aryl methyl sites for hydroxylation is 2. The molecule has 4 aromatic rings. The van der Waals surface area contributed by atoms with Crippen molar-refractivity contribution >= 4 is 43.9 Å². The zero-order chi connectivity index (χ0) is 21.5. The monoisotopic (exact) mass is 439 g/mol. The summed E-state index contributed by atoms with van der Waals surface area (Å²) in [5.74, 6) is -0.573. The summed E-state index contributed by atoms with van der Waals surface area (Å²) >= 11 is 6.14. The van der Waals surface area contributed by atoms with Crippen LogP contribution in [0.15, 0.2) is 70.7 Å². The Labute approximate surface area is 178 Å². The molecule has 1 amide bonds. The smallest absolute Gasteiger partial charge is 0.273 e. The molecule has 2 aromatic heterocycles. The Balaban J connectivity index is 1.94. The highest BCUT2D eigenvalue weighted by molar-refractivity contribution is 7.91. The van der Waals surface area contributed by atoms with Gasteiger partial charge in [0, 0.05) is 34.0 Å². The average Bonchev–Trinajstić information content (AvgIpc) is 3.07. The van der Waals surface area contributed by atoms with Crippen LogP contribution in [0.4, 0.5) is 5.69 Å². The first-order chi connectivity index (χ1) is 14.3. The predicted molar refractivity (Wildman–Crippen MR) is 117 cm³/mol. The molecule has 0 bridgehead atoms. The number of nitrogens with one attached hydrogen (secondary N) is 2. The summed E-state index contributed by atoms with van der Waals surface area (Å²) in [6, 6.07) is 13.2. The minimum atomic E-state index is -4.02. The summed E-state index contributed by atoms with van der Waals surface area (Å²) in [5.41, 5.74) is 2.58. The van der Waals surface area contributed by atoms with Gasteiger partial charge in [0.1, 0.15) is 10.6 Å². The molecular formula is C22H18ClN3O3S. The second-order valence-electron chi connectivity index (χ2n) is 7.04. The van der Waals surface area contributed by atoms with Crippen LogP contribution in [0.2, 0.25) is 5.02 Å². The average molecular weight is 440 g/mol. The summed E-state index contributed by atoms with van der Waals surface area (Å²) in [6.07, 6.45) is 3.07. The highest BCUT2D eigenvalue weighted by Gasteiger charge is 2.30. The van der Waals surface area contributed by atoms with E-state index in [4.69, 9.17) is 11.6 Å². The second-order valence-corrected chi connectivity index (χ2v) is 9.36. The van der Waals surface area contributed by atoms with Crippen LogP contribution in [0.5, 0.6) is 0 Å². The van der Waals surface area contributed by atoms with Crippen molar-refractivity contribution < 1.29 is 13.2 Å². The SMILES string of the molecule is Cc1cc(C)cc(S(=O)(=O)c2c(C(=O)Nc3ccncc3)[nH]c3ccc(Cl)cc23)c1. The van der Waals surface area contributed by atoms with Gasteiger partial charge in [0.2, 0.25) is 9.84 Å². The van der Waals surface area contributed by atoms with Crippen molar-refractivity contribution in [3.8, 4) is 0 Å². The van der Waals surface area contributed by atoms with Crippen molar-refractivity contribution in [3.05, 3.63) is 82.8 Å². The van der Waals surface area contributed by atoms with Gasteiger partial charge in [-0.15, -0.1) is 0 Å². The van der Waals surface area contributed by atoms with Crippen molar-refractivity contribution in [2.24, 2.45) is 0 Å². The number of amides is 1. The van der Waals surface area contributed by atoms with Crippen LogP contribution in [0, 0.1) is 13.8 Å². The number of carbonyl (C=O) groups is 1. The number of aromatic amines is 1. The number of hydrogen-bond acceptors (Lipinski definition) is 4. The molecule has 152 valence electrons. The summed E-state index contributed by atoms with van der Waals surface area (Å²) in [5, 5.41) is 3.45. The zero-order valence-electron chi connectivity index (χ0n) is 16.2. The van der Waals surface area contributed by atoms with E-state index in [0.717, 1.165) is 11.1 Å². The molecule has 0 radical (unpaired) electrons. The van der Waals surface area contributed by atoms with Crippen molar-refractivity contribution in [3.63, 3.8) is 0 Å². The van der Waals surface area contributed by atoms with E-state index < -0.39 is 15.7 Å². The molecule has 0 aliphatic carbocycles. The van der Waals surface area contributed by atoms with E-state index in [9.17, 15) is 13.2 Å². The lowest BCUT2D eigenvalue weighted by molar-refractivity contribution is 0.102. The van der Waals surface area contributed by atoms with E-state index in [0.29, 0.717) is 21.6 Å². The number of halogens is 1. The van der Waals surface area contributed by atoms with Gasteiger partial charge in [0.25, 0.3) is 5.91 Å². The first-order valence-electron chi connectivity index (χ1n) is 9.12. The molecule has 2 aromatic carbocycles. The maximum absolute atomic E-state index is 13.6. The lowest BCUT2D eigenvalue weighted by Gasteiger charge is -2.10. The Hall–Kier alpha value is -3.16. The number of pyridine rings is 1. The van der Waals surface area contributed by atoms with Crippen LogP contribution in [-0.4, -0.2) is 24.3 Å². The van der Waals surface area contributed by atoms with Crippen LogP contribution in [0.25, 0.3) is 10.9 Å². The number of aromatic nitrogens is 2. The van der Waals surface area contributed by atoms with Crippen LogP contribution < -0.4 is 5.32 Å². The number of anilines is 1. The largest absolute Gasteiger partial charge is 0.349 e. The van der Waals surface area contributed by atoms with E-state index in [1.807, 2.05) is 19.9 Å². The second kappa shape index (κ2) is 7.59. The summed E-state index contributed by atoms with van der Waals surface area (Å²) in [4.78, 5) is 19.9. The molecule has 0 aliphatic heterocycles. The van der Waals surface area contributed by atoms with Gasteiger partial charge in [-0.2, -0.15) is 0 Å².